The summed E-state index contributed by atoms with van der Waals surface area (Å²) in [6, 6.07) is 8.07. The molecule has 2 heterocycles. The quantitative estimate of drug-likeness (QED) is 0.828. The molecule has 26 heavy (non-hydrogen) atoms. The van der Waals surface area contributed by atoms with Crippen LogP contribution in [0.1, 0.15) is 33.3 Å². The number of hydrogen-bond donors (Lipinski definition) is 1. The summed E-state index contributed by atoms with van der Waals surface area (Å²) >= 11 is 0. The normalized spacial score (nSPS) is 18.9. The number of rotatable bonds is 3. The van der Waals surface area contributed by atoms with Crippen LogP contribution in [0.15, 0.2) is 46.3 Å². The molecule has 8 heteroatoms. The van der Waals surface area contributed by atoms with Crippen molar-refractivity contribution in [2.24, 2.45) is 0 Å². The molecule has 2 aromatic rings. The summed E-state index contributed by atoms with van der Waals surface area (Å²) in [4.78, 5) is 4.24. The van der Waals surface area contributed by atoms with E-state index in [9.17, 15) is 8.42 Å². The van der Waals surface area contributed by atoms with Crippen molar-refractivity contribution in [2.75, 3.05) is 5.73 Å². The smallest absolute Gasteiger partial charge is 0.399 e. The molecule has 0 saturated carbocycles. The lowest BCUT2D eigenvalue weighted by atomic mass is 9.79. The molecular formula is C18H23BN2O4S. The first-order chi connectivity index (χ1) is 11.9. The van der Waals surface area contributed by atoms with Gasteiger partial charge in [0, 0.05) is 6.20 Å². The van der Waals surface area contributed by atoms with E-state index in [4.69, 9.17) is 15.0 Å². The largest absolute Gasteiger partial charge is 0.494 e. The summed E-state index contributed by atoms with van der Waals surface area (Å²) in [6.07, 6.45) is 1.28. The topological polar surface area (TPSA) is 91.5 Å². The van der Waals surface area contributed by atoms with E-state index in [1.54, 1.807) is 31.2 Å². The SMILES string of the molecule is Cc1cc(S(=O)(=O)c2ccc(B3OC(C)(C)C(C)(C)O3)cc2)cnc1N. The number of nitrogens with two attached hydrogens (primary N) is 1. The zero-order valence-corrected chi connectivity index (χ0v) is 16.4. The molecule has 0 spiro atoms. The molecule has 0 bridgehead atoms. The first kappa shape index (κ1) is 18.9. The number of benzene rings is 1. The Morgan fingerprint density at radius 2 is 1.54 bits per heavy atom. The summed E-state index contributed by atoms with van der Waals surface area (Å²) in [5.41, 5.74) is 6.17. The Bertz CT molecular complexity index is 924. The second kappa shape index (κ2) is 6.08. The highest BCUT2D eigenvalue weighted by Crippen LogP contribution is 2.36. The zero-order valence-electron chi connectivity index (χ0n) is 15.6. The molecule has 6 nitrogen and oxygen atoms in total. The molecule has 2 N–H and O–H groups in total. The fourth-order valence-corrected chi connectivity index (χ4v) is 3.92. The highest BCUT2D eigenvalue weighted by Gasteiger charge is 2.51. The van der Waals surface area contributed by atoms with Crippen molar-refractivity contribution in [1.82, 2.24) is 4.98 Å². The van der Waals surface area contributed by atoms with Gasteiger partial charge < -0.3 is 15.0 Å². The van der Waals surface area contributed by atoms with Crippen LogP contribution in [0, 0.1) is 6.92 Å². The predicted octanol–water partition coefficient (Wildman–Crippen LogP) is 2.10. The van der Waals surface area contributed by atoms with E-state index in [0.29, 0.717) is 11.4 Å². The van der Waals surface area contributed by atoms with Crippen LogP contribution in [-0.4, -0.2) is 31.7 Å². The van der Waals surface area contributed by atoms with Crippen LogP contribution in [0.5, 0.6) is 0 Å². The van der Waals surface area contributed by atoms with Gasteiger partial charge in [-0.3, -0.25) is 0 Å². The van der Waals surface area contributed by atoms with Gasteiger partial charge in [0.1, 0.15) is 5.82 Å². The number of nitrogens with zero attached hydrogens (tertiary/aromatic N) is 1. The summed E-state index contributed by atoms with van der Waals surface area (Å²) in [7, 11) is -4.19. The van der Waals surface area contributed by atoms with Crippen molar-refractivity contribution in [3.05, 3.63) is 42.1 Å². The first-order valence-electron chi connectivity index (χ1n) is 8.37. The molecule has 0 unspecified atom stereocenters. The Balaban J connectivity index is 1.89. The Hall–Kier alpha value is -1.90. The van der Waals surface area contributed by atoms with E-state index in [2.05, 4.69) is 4.98 Å². The Kier molecular flexibility index (Phi) is 4.41. The molecule has 0 atom stereocenters. The predicted molar refractivity (Wildman–Crippen MR) is 101 cm³/mol. The maximum Gasteiger partial charge on any atom is 0.494 e. The van der Waals surface area contributed by atoms with Gasteiger partial charge in [0.05, 0.1) is 21.0 Å². The van der Waals surface area contributed by atoms with Gasteiger partial charge in [-0.1, -0.05) is 12.1 Å². The van der Waals surface area contributed by atoms with Gasteiger partial charge in [0.2, 0.25) is 9.84 Å². The molecule has 3 rings (SSSR count). The van der Waals surface area contributed by atoms with Gasteiger partial charge in [-0.2, -0.15) is 0 Å². The van der Waals surface area contributed by atoms with E-state index in [1.807, 2.05) is 27.7 Å². The molecule has 138 valence electrons. The van der Waals surface area contributed by atoms with E-state index >= 15 is 0 Å². The Morgan fingerprint density at radius 1 is 1.00 bits per heavy atom. The van der Waals surface area contributed by atoms with Crippen molar-refractivity contribution in [1.29, 1.82) is 0 Å². The van der Waals surface area contributed by atoms with Gasteiger partial charge in [0.25, 0.3) is 0 Å². The summed E-state index contributed by atoms with van der Waals surface area (Å²) in [6.45, 7) is 9.62. The van der Waals surface area contributed by atoms with Crippen LogP contribution >= 0.6 is 0 Å². The molecule has 1 fully saturated rings. The summed E-state index contributed by atoms with van der Waals surface area (Å²) < 4.78 is 37.6. The molecule has 1 aromatic heterocycles. The molecule has 0 aliphatic carbocycles. The van der Waals surface area contributed by atoms with Gasteiger partial charge in [0.15, 0.2) is 0 Å². The number of nitrogen functional groups attached to an aromatic ring is 1. The minimum atomic E-state index is -3.66. The van der Waals surface area contributed by atoms with Crippen LogP contribution in [0.2, 0.25) is 0 Å². The number of sulfone groups is 1. The summed E-state index contributed by atoms with van der Waals surface area (Å²) in [5.74, 6) is 0.319. The standard InChI is InChI=1S/C18H23BN2O4S/c1-12-10-15(11-21-16(12)20)26(22,23)14-8-6-13(7-9-14)19-24-17(2,3)18(4,5)25-19/h6-11H,1-5H3,(H2,20,21). The van der Waals surface area contributed by atoms with Gasteiger partial charge >= 0.3 is 7.12 Å². The Morgan fingerprint density at radius 3 is 2.04 bits per heavy atom. The molecule has 1 aliphatic rings. The average Bonchev–Trinajstić information content (AvgIpc) is 2.78. The average molecular weight is 374 g/mol. The third kappa shape index (κ3) is 3.13. The van der Waals surface area contributed by atoms with Crippen molar-refractivity contribution in [3.8, 4) is 0 Å². The monoisotopic (exact) mass is 374 g/mol. The Labute approximate surface area is 154 Å². The lowest BCUT2D eigenvalue weighted by molar-refractivity contribution is 0.00578. The summed E-state index contributed by atoms with van der Waals surface area (Å²) in [5, 5.41) is 0. The second-order valence-corrected chi connectivity index (χ2v) is 9.48. The van der Waals surface area contributed by atoms with E-state index < -0.39 is 28.2 Å². The molecule has 1 aromatic carbocycles. The van der Waals surface area contributed by atoms with E-state index in [0.717, 1.165) is 5.46 Å². The zero-order chi connectivity index (χ0) is 19.3. The van der Waals surface area contributed by atoms with Crippen LogP contribution < -0.4 is 11.2 Å². The molecule has 1 aliphatic heterocycles. The number of hydrogen-bond acceptors (Lipinski definition) is 6. The van der Waals surface area contributed by atoms with Crippen molar-refractivity contribution < 1.29 is 17.7 Å². The molecule has 1 saturated heterocycles. The fraction of sp³-hybridized carbons (Fsp3) is 0.389. The number of pyridine rings is 1. The number of aryl methyl sites for hydroxylation is 1. The number of aromatic nitrogens is 1. The highest BCUT2D eigenvalue weighted by atomic mass is 32.2. The van der Waals surface area contributed by atoms with Crippen LogP contribution in [0.3, 0.4) is 0 Å². The molecular weight excluding hydrogens is 351 g/mol. The van der Waals surface area contributed by atoms with E-state index in [1.165, 1.54) is 12.3 Å². The minimum absolute atomic E-state index is 0.118. The van der Waals surface area contributed by atoms with Crippen molar-refractivity contribution in [3.63, 3.8) is 0 Å². The number of anilines is 1. The van der Waals surface area contributed by atoms with Gasteiger partial charge in [-0.05, 0) is 63.8 Å². The molecule has 0 radical (unpaired) electrons. The van der Waals surface area contributed by atoms with Crippen molar-refractivity contribution >= 4 is 28.2 Å². The third-order valence-electron chi connectivity index (χ3n) is 5.12. The third-order valence-corrected chi connectivity index (χ3v) is 6.86. The van der Waals surface area contributed by atoms with E-state index in [-0.39, 0.29) is 9.79 Å². The van der Waals surface area contributed by atoms with Gasteiger partial charge in [-0.15, -0.1) is 0 Å². The first-order valence-corrected chi connectivity index (χ1v) is 9.85. The fourth-order valence-electron chi connectivity index (χ4n) is 2.63. The van der Waals surface area contributed by atoms with Gasteiger partial charge in [-0.25, -0.2) is 13.4 Å². The lowest BCUT2D eigenvalue weighted by Crippen LogP contribution is -2.41. The van der Waals surface area contributed by atoms with Crippen LogP contribution in [0.4, 0.5) is 5.82 Å². The molecule has 0 amide bonds. The van der Waals surface area contributed by atoms with Crippen LogP contribution in [-0.2, 0) is 19.1 Å². The highest BCUT2D eigenvalue weighted by molar-refractivity contribution is 7.91. The van der Waals surface area contributed by atoms with Crippen LogP contribution in [0.25, 0.3) is 0 Å². The van der Waals surface area contributed by atoms with Crippen molar-refractivity contribution in [2.45, 2.75) is 55.6 Å². The maximum absolute atomic E-state index is 12.8. The second-order valence-electron chi connectivity index (χ2n) is 7.53. The maximum atomic E-state index is 12.8. The minimum Gasteiger partial charge on any atom is -0.399 e. The lowest BCUT2D eigenvalue weighted by Gasteiger charge is -2.32.